The highest BCUT2D eigenvalue weighted by Gasteiger charge is 2.38. The number of thioether (sulfide) groups is 4. The number of carbonyl (C=O) groups excluding carboxylic acids is 4. The van der Waals surface area contributed by atoms with Crippen molar-refractivity contribution < 1.29 is 38.1 Å². The van der Waals surface area contributed by atoms with Crippen molar-refractivity contribution in [3.8, 4) is 0 Å². The van der Waals surface area contributed by atoms with Crippen LogP contribution < -0.4 is 0 Å². The highest BCUT2D eigenvalue weighted by Crippen LogP contribution is 2.25. The first-order chi connectivity index (χ1) is 45.8. The molecule has 93 heavy (non-hydrogen) atoms. The lowest BCUT2D eigenvalue weighted by molar-refractivity contribution is -0.170. The molecule has 0 aromatic carbocycles. The predicted molar refractivity (Wildman–Crippen MR) is 415 cm³/mol. The van der Waals surface area contributed by atoms with Gasteiger partial charge in [0.1, 0.15) is 31.8 Å². The van der Waals surface area contributed by atoms with Crippen molar-refractivity contribution in [2.24, 2.45) is 5.41 Å². The van der Waals surface area contributed by atoms with E-state index >= 15 is 0 Å². The average molecular weight is 1390 g/mol. The number of esters is 4. The van der Waals surface area contributed by atoms with E-state index in [4.69, 9.17) is 18.9 Å². The third-order valence-electron chi connectivity index (χ3n) is 18.5. The van der Waals surface area contributed by atoms with Crippen molar-refractivity contribution in [1.82, 2.24) is 0 Å². The molecule has 0 N–H and O–H groups in total. The Morgan fingerprint density at radius 2 is 0.323 bits per heavy atom. The van der Waals surface area contributed by atoms with E-state index in [2.05, 4.69) is 27.7 Å². The Balaban J connectivity index is 5.39. The molecule has 0 amide bonds. The normalized spacial score (nSPS) is 11.7. The third-order valence-corrected chi connectivity index (χ3v) is 22.8. The summed E-state index contributed by atoms with van der Waals surface area (Å²) >= 11 is 7.16. The molecular formula is C81H156O8S4. The van der Waals surface area contributed by atoms with Gasteiger partial charge in [-0.15, -0.1) is 0 Å². The van der Waals surface area contributed by atoms with Gasteiger partial charge in [0.2, 0.25) is 0 Å². The van der Waals surface area contributed by atoms with E-state index in [-0.39, 0.29) is 76.0 Å². The van der Waals surface area contributed by atoms with Gasteiger partial charge in [0, 0.05) is 23.0 Å². The summed E-state index contributed by atoms with van der Waals surface area (Å²) in [6.07, 6.45) is 75.9. The summed E-state index contributed by atoms with van der Waals surface area (Å²) in [6.45, 7) is 8.40. The molecule has 0 unspecified atom stereocenters. The standard InChI is InChI=1S/C81H156O8S4/c1-5-9-13-17-21-25-29-33-37-41-45-49-53-57-65-90-69-61-77(82)86-73-81(74-87-78(83)62-70-91-66-58-54-50-46-42-38-34-30-26-22-18-14-10-6-2,75-88-79(84)63-71-92-67-59-55-51-47-43-39-35-31-27-23-19-15-11-7-3)76-89-80(85)64-72-93-68-60-56-52-48-44-40-36-32-28-24-20-16-12-8-4/h5-76H2,1-4H3. The van der Waals surface area contributed by atoms with Crippen molar-refractivity contribution in [2.45, 2.75) is 413 Å². The van der Waals surface area contributed by atoms with Gasteiger partial charge in [-0.2, -0.15) is 47.0 Å². The minimum Gasteiger partial charge on any atom is -0.465 e. The van der Waals surface area contributed by atoms with Crippen LogP contribution in [0.4, 0.5) is 0 Å². The number of unbranched alkanes of at least 4 members (excludes halogenated alkanes) is 52. The first-order valence-corrected chi connectivity index (χ1v) is 45.4. The fourth-order valence-corrected chi connectivity index (χ4v) is 15.8. The number of hydrogen-bond acceptors (Lipinski definition) is 12. The fourth-order valence-electron chi connectivity index (χ4n) is 12.1. The third kappa shape index (κ3) is 73.8. The number of ether oxygens (including phenoxy) is 4. The second kappa shape index (κ2) is 78.6. The molecule has 0 radical (unpaired) electrons. The van der Waals surface area contributed by atoms with Crippen LogP contribution in [0.3, 0.4) is 0 Å². The van der Waals surface area contributed by atoms with Crippen LogP contribution in [0.2, 0.25) is 0 Å². The molecule has 0 saturated carbocycles. The van der Waals surface area contributed by atoms with Crippen molar-refractivity contribution >= 4 is 70.9 Å². The van der Waals surface area contributed by atoms with Crippen LogP contribution in [0.1, 0.15) is 413 Å². The van der Waals surface area contributed by atoms with Gasteiger partial charge in [0.25, 0.3) is 0 Å². The topological polar surface area (TPSA) is 105 Å². The largest absolute Gasteiger partial charge is 0.465 e. The van der Waals surface area contributed by atoms with Gasteiger partial charge in [-0.3, -0.25) is 19.2 Å². The van der Waals surface area contributed by atoms with Crippen LogP contribution >= 0.6 is 47.0 Å². The molecule has 0 rings (SSSR count). The monoisotopic (exact) mass is 1390 g/mol. The van der Waals surface area contributed by atoms with Crippen LogP contribution in [0.15, 0.2) is 0 Å². The molecule has 12 heteroatoms. The molecule has 0 aliphatic carbocycles. The molecular weight excluding hydrogens is 1230 g/mol. The van der Waals surface area contributed by atoms with E-state index in [9.17, 15) is 19.2 Å². The van der Waals surface area contributed by atoms with Crippen LogP contribution in [0.25, 0.3) is 0 Å². The number of carbonyl (C=O) groups is 4. The molecule has 0 fully saturated rings. The van der Waals surface area contributed by atoms with E-state index in [1.807, 2.05) is 0 Å². The van der Waals surface area contributed by atoms with Crippen LogP contribution in [-0.2, 0) is 38.1 Å². The predicted octanol–water partition coefficient (Wildman–Crippen LogP) is 26.6. The molecule has 0 spiro atoms. The van der Waals surface area contributed by atoms with Gasteiger partial charge >= 0.3 is 23.9 Å². The van der Waals surface area contributed by atoms with E-state index in [0.717, 1.165) is 48.7 Å². The first kappa shape index (κ1) is 92.3. The number of hydrogen-bond donors (Lipinski definition) is 0. The van der Waals surface area contributed by atoms with Gasteiger partial charge < -0.3 is 18.9 Å². The zero-order valence-corrected chi connectivity index (χ0v) is 65.6. The lowest BCUT2D eigenvalue weighted by Crippen LogP contribution is -2.44. The maximum Gasteiger partial charge on any atom is 0.306 e. The zero-order valence-electron chi connectivity index (χ0n) is 62.3. The molecule has 552 valence electrons. The van der Waals surface area contributed by atoms with E-state index in [0.29, 0.717) is 23.0 Å². The van der Waals surface area contributed by atoms with Crippen LogP contribution in [0.5, 0.6) is 0 Å². The minimum atomic E-state index is -1.23. The van der Waals surface area contributed by atoms with Crippen molar-refractivity contribution in [2.75, 3.05) is 72.5 Å². The fraction of sp³-hybridized carbons (Fsp3) is 0.951. The molecule has 0 aromatic heterocycles. The van der Waals surface area contributed by atoms with Gasteiger partial charge in [-0.05, 0) is 48.7 Å². The molecule has 0 saturated heterocycles. The second-order valence-corrected chi connectivity index (χ2v) is 32.9. The van der Waals surface area contributed by atoms with Crippen molar-refractivity contribution in [1.29, 1.82) is 0 Å². The van der Waals surface area contributed by atoms with Crippen molar-refractivity contribution in [3.63, 3.8) is 0 Å². The smallest absolute Gasteiger partial charge is 0.306 e. The Morgan fingerprint density at radius 1 is 0.194 bits per heavy atom. The van der Waals surface area contributed by atoms with Gasteiger partial charge in [0.15, 0.2) is 0 Å². The zero-order chi connectivity index (χ0) is 67.4. The summed E-state index contributed by atoms with van der Waals surface area (Å²) in [6, 6.07) is 0. The highest BCUT2D eigenvalue weighted by molar-refractivity contribution is 7.99. The van der Waals surface area contributed by atoms with Crippen LogP contribution in [-0.4, -0.2) is 96.3 Å². The molecule has 0 aromatic rings. The summed E-state index contributed by atoms with van der Waals surface area (Å²) in [4.78, 5) is 53.8. The highest BCUT2D eigenvalue weighted by atomic mass is 32.2. The SMILES string of the molecule is CCCCCCCCCCCCCCCCSCCC(=O)OCC(COC(=O)CCSCCCCCCCCCCCCCCCC)(COC(=O)CCSCCCCCCCCCCCCCCCC)COC(=O)CCSCCCCCCCCCCCCCCCC. The summed E-state index contributed by atoms with van der Waals surface area (Å²) < 4.78 is 23.9. The Bertz CT molecular complexity index is 1320. The maximum atomic E-state index is 13.4. The lowest BCUT2D eigenvalue weighted by atomic mass is 9.92. The van der Waals surface area contributed by atoms with Gasteiger partial charge in [-0.25, -0.2) is 0 Å². The maximum absolute atomic E-state index is 13.4. The Labute approximate surface area is 596 Å². The Hall–Kier alpha value is -0.720. The molecule has 0 aliphatic heterocycles. The average Bonchev–Trinajstić information content (AvgIpc) is 1.69. The van der Waals surface area contributed by atoms with Crippen LogP contribution in [0, 0.1) is 5.41 Å². The molecule has 0 bridgehead atoms. The van der Waals surface area contributed by atoms with E-state index in [1.54, 1.807) is 47.0 Å². The first-order valence-electron chi connectivity index (χ1n) is 40.8. The van der Waals surface area contributed by atoms with Crippen molar-refractivity contribution in [3.05, 3.63) is 0 Å². The molecule has 0 heterocycles. The summed E-state index contributed by atoms with van der Waals surface area (Å²) in [5, 5.41) is 0. The minimum absolute atomic E-state index is 0.182. The summed E-state index contributed by atoms with van der Waals surface area (Å²) in [7, 11) is 0. The number of rotatable bonds is 80. The van der Waals surface area contributed by atoms with E-state index in [1.165, 1.54) is 334 Å². The lowest BCUT2D eigenvalue weighted by Gasteiger charge is -2.31. The Morgan fingerprint density at radius 3 is 0.462 bits per heavy atom. The molecule has 8 nitrogen and oxygen atoms in total. The van der Waals surface area contributed by atoms with Gasteiger partial charge in [-0.1, -0.05) is 362 Å². The summed E-state index contributed by atoms with van der Waals surface area (Å²) in [5.41, 5.74) is -1.23. The van der Waals surface area contributed by atoms with E-state index < -0.39 is 5.41 Å². The molecule has 0 aliphatic rings. The summed E-state index contributed by atoms with van der Waals surface area (Å²) in [5.74, 6) is 5.31. The van der Waals surface area contributed by atoms with Gasteiger partial charge in [0.05, 0.1) is 25.7 Å². The second-order valence-electron chi connectivity index (χ2n) is 28.0. The Kier molecular flexibility index (Phi) is 78.0. The quantitative estimate of drug-likeness (QED) is 0.0329. The molecule has 0 atom stereocenters.